The Morgan fingerprint density at radius 1 is 1.34 bits per heavy atom. The molecule has 0 radical (unpaired) electrons. The third kappa shape index (κ3) is 3.03. The van der Waals surface area contributed by atoms with Gasteiger partial charge in [-0.1, -0.05) is 6.07 Å². The number of halogens is 1. The Morgan fingerprint density at radius 2 is 2.19 bits per heavy atom. The lowest BCUT2D eigenvalue weighted by molar-refractivity contribution is -0.671. The Labute approximate surface area is 181 Å². The number of nitrogens with zero attached hydrogens (tertiary/aromatic N) is 3. The topological polar surface area (TPSA) is 115 Å². The maximum Gasteiger partial charge on any atom is 0.341 e. The first-order valence-corrected chi connectivity index (χ1v) is 10.2. The Balaban J connectivity index is 1.46. The fourth-order valence-corrected chi connectivity index (χ4v) is 4.19. The predicted molar refractivity (Wildman–Crippen MR) is 116 cm³/mol. The van der Waals surface area contributed by atoms with Crippen molar-refractivity contribution in [1.82, 2.24) is 8.97 Å². The molecule has 0 saturated carbocycles. The normalized spacial score (nSPS) is 12.8. The highest BCUT2D eigenvalue weighted by atomic mass is 19.1. The number of carboxylic acid groups (broad SMARTS) is 1. The quantitative estimate of drug-likeness (QED) is 0.241. The van der Waals surface area contributed by atoms with E-state index in [9.17, 15) is 14.7 Å². The Bertz CT molecular complexity index is 1440. The lowest BCUT2D eigenvalue weighted by atomic mass is 10.1. The van der Waals surface area contributed by atoms with Gasteiger partial charge in [-0.15, -0.1) is 0 Å². The third-order valence-electron chi connectivity index (χ3n) is 5.70. The molecule has 0 bridgehead atoms. The highest BCUT2D eigenvalue weighted by molar-refractivity contribution is 6.03. The van der Waals surface area contributed by atoms with Gasteiger partial charge in [-0.2, -0.15) is 0 Å². The molecule has 3 aromatic heterocycles. The summed E-state index contributed by atoms with van der Waals surface area (Å²) in [7, 11) is 0. The Morgan fingerprint density at radius 3 is 3.00 bits per heavy atom. The molecule has 4 heterocycles. The highest BCUT2D eigenvalue weighted by Crippen LogP contribution is 2.41. The molecule has 164 valence electrons. The van der Waals surface area contributed by atoms with E-state index in [0.29, 0.717) is 31.6 Å². The molecule has 0 unspecified atom stereocenters. The molecule has 4 aromatic rings. The molecule has 0 saturated heterocycles. The number of carbonyl (C=O) groups is 1. The standard InChI is InChI=1S/C22H20FN5O4/c23-16-17(24)15-19-21(32-11-10-28(19)12-13(20(15)29)22(30)31)18(16)25-5-3-7-27-9-8-26-6-2-1-4-14(26)27/h1-2,4,6,8-9,12H,3,5,7,10-11H2,(H3-,24,25,29,30,31)/p+1. The molecule has 0 amide bonds. The molecule has 0 atom stereocenters. The summed E-state index contributed by atoms with van der Waals surface area (Å²) in [6.45, 7) is 1.69. The zero-order valence-corrected chi connectivity index (χ0v) is 17.0. The monoisotopic (exact) mass is 438 g/mol. The van der Waals surface area contributed by atoms with Crippen LogP contribution in [0.5, 0.6) is 5.75 Å². The van der Waals surface area contributed by atoms with Crippen LogP contribution in [-0.2, 0) is 13.1 Å². The summed E-state index contributed by atoms with van der Waals surface area (Å²) >= 11 is 0. The van der Waals surface area contributed by atoms with Gasteiger partial charge in [0.05, 0.1) is 35.9 Å². The van der Waals surface area contributed by atoms with Crippen LogP contribution in [-0.4, -0.2) is 33.2 Å². The number of hydrogen-bond donors (Lipinski definition) is 3. The largest absolute Gasteiger partial charge is 0.487 e. The third-order valence-corrected chi connectivity index (χ3v) is 5.70. The highest BCUT2D eigenvalue weighted by Gasteiger charge is 2.28. The number of carboxylic acids is 1. The first kappa shape index (κ1) is 19.9. The van der Waals surface area contributed by atoms with Crippen LogP contribution in [0.15, 0.2) is 47.8 Å². The summed E-state index contributed by atoms with van der Waals surface area (Å²) in [6, 6.07) is 5.94. The molecule has 4 N–H and O–H groups in total. The summed E-state index contributed by atoms with van der Waals surface area (Å²) < 4.78 is 26.6. The average Bonchev–Trinajstić information content (AvgIpc) is 3.20. The molecule has 32 heavy (non-hydrogen) atoms. The number of benzene rings is 1. The number of nitrogen functional groups attached to an aromatic ring is 1. The SMILES string of the molecule is Nc1c(F)c(NCCC[n+]2ccn3ccccc32)c2c3c1c(=O)c(C(=O)O)cn3CCO2. The average molecular weight is 438 g/mol. The first-order chi connectivity index (χ1) is 15.5. The maximum atomic E-state index is 15.2. The van der Waals surface area contributed by atoms with Gasteiger partial charge in [0.25, 0.3) is 5.65 Å². The van der Waals surface area contributed by atoms with Gasteiger partial charge in [-0.3, -0.25) is 4.79 Å². The molecular formula is C22H21FN5O4+. The number of rotatable bonds is 6. The van der Waals surface area contributed by atoms with Crippen LogP contribution in [0, 0.1) is 5.82 Å². The number of imidazole rings is 1. The van der Waals surface area contributed by atoms with E-state index in [1.54, 1.807) is 4.57 Å². The summed E-state index contributed by atoms with van der Waals surface area (Å²) in [5, 5.41) is 12.2. The van der Waals surface area contributed by atoms with Gasteiger partial charge in [0, 0.05) is 25.2 Å². The molecule has 0 fully saturated rings. The summed E-state index contributed by atoms with van der Waals surface area (Å²) in [6.07, 6.45) is 7.87. The molecule has 1 aliphatic rings. The first-order valence-electron chi connectivity index (χ1n) is 10.2. The van der Waals surface area contributed by atoms with Gasteiger partial charge in [0.2, 0.25) is 5.43 Å². The summed E-state index contributed by atoms with van der Waals surface area (Å²) in [5.74, 6) is -2.03. The van der Waals surface area contributed by atoms with Crippen molar-refractivity contribution in [3.05, 3.63) is 64.6 Å². The molecule has 0 aliphatic carbocycles. The van der Waals surface area contributed by atoms with Crippen molar-refractivity contribution in [2.45, 2.75) is 19.5 Å². The van der Waals surface area contributed by atoms with Crippen LogP contribution >= 0.6 is 0 Å². The smallest absolute Gasteiger partial charge is 0.341 e. The van der Waals surface area contributed by atoms with Crippen LogP contribution in [0.25, 0.3) is 16.6 Å². The lowest BCUT2D eigenvalue weighted by Crippen LogP contribution is -2.33. The minimum absolute atomic E-state index is 0.0812. The number of pyridine rings is 2. The van der Waals surface area contributed by atoms with E-state index in [2.05, 4.69) is 9.88 Å². The van der Waals surface area contributed by atoms with Crippen molar-refractivity contribution >= 4 is 33.9 Å². The van der Waals surface area contributed by atoms with Crippen molar-refractivity contribution in [3.63, 3.8) is 0 Å². The maximum absolute atomic E-state index is 15.2. The molecule has 1 aliphatic heterocycles. The Kier molecular flexibility index (Phi) is 4.69. The van der Waals surface area contributed by atoms with E-state index < -0.39 is 22.8 Å². The van der Waals surface area contributed by atoms with E-state index in [1.807, 2.05) is 41.2 Å². The molecule has 0 spiro atoms. The van der Waals surface area contributed by atoms with Crippen LogP contribution < -0.4 is 25.8 Å². The van der Waals surface area contributed by atoms with Gasteiger partial charge in [0.15, 0.2) is 11.6 Å². The van der Waals surface area contributed by atoms with E-state index in [-0.39, 0.29) is 29.1 Å². The zero-order chi connectivity index (χ0) is 22.4. The van der Waals surface area contributed by atoms with Gasteiger partial charge in [0.1, 0.15) is 30.3 Å². The second kappa shape index (κ2) is 7.56. The van der Waals surface area contributed by atoms with Gasteiger partial charge >= 0.3 is 5.97 Å². The number of aromatic nitrogens is 3. The lowest BCUT2D eigenvalue weighted by Gasteiger charge is -2.25. The van der Waals surface area contributed by atoms with E-state index in [4.69, 9.17) is 10.5 Å². The number of nitrogens with two attached hydrogens (primary N) is 1. The van der Waals surface area contributed by atoms with E-state index in [1.165, 1.54) is 6.20 Å². The second-order valence-corrected chi connectivity index (χ2v) is 7.61. The number of anilines is 2. The fourth-order valence-electron chi connectivity index (χ4n) is 4.19. The van der Waals surface area contributed by atoms with Crippen LogP contribution in [0.3, 0.4) is 0 Å². The molecule has 9 nitrogen and oxygen atoms in total. The second-order valence-electron chi connectivity index (χ2n) is 7.61. The minimum atomic E-state index is -1.38. The van der Waals surface area contributed by atoms with Crippen LogP contribution in [0.2, 0.25) is 0 Å². The summed E-state index contributed by atoms with van der Waals surface area (Å²) in [5.41, 5.74) is 5.74. The number of aromatic carboxylic acids is 1. The van der Waals surface area contributed by atoms with Gasteiger partial charge < -0.3 is 25.5 Å². The minimum Gasteiger partial charge on any atom is -0.487 e. The predicted octanol–water partition coefficient (Wildman–Crippen LogP) is 1.86. The Hall–Kier alpha value is -4.08. The van der Waals surface area contributed by atoms with E-state index in [0.717, 1.165) is 5.65 Å². The van der Waals surface area contributed by atoms with E-state index >= 15 is 4.39 Å². The number of fused-ring (bicyclic) bond motifs is 1. The van der Waals surface area contributed by atoms with Crippen LogP contribution in [0.1, 0.15) is 16.8 Å². The van der Waals surface area contributed by atoms with Crippen molar-refractivity contribution < 1.29 is 23.6 Å². The van der Waals surface area contributed by atoms with Crippen LogP contribution in [0.4, 0.5) is 15.8 Å². The molecule has 1 aromatic carbocycles. The van der Waals surface area contributed by atoms with Crippen molar-refractivity contribution in [2.75, 3.05) is 24.2 Å². The molecule has 5 rings (SSSR count). The number of nitrogens with one attached hydrogen (secondary N) is 1. The van der Waals surface area contributed by atoms with Crippen molar-refractivity contribution in [1.29, 1.82) is 0 Å². The van der Waals surface area contributed by atoms with Gasteiger partial charge in [-0.25, -0.2) is 18.2 Å². The number of ether oxygens (including phenoxy) is 1. The van der Waals surface area contributed by atoms with Crippen molar-refractivity contribution in [2.24, 2.45) is 0 Å². The van der Waals surface area contributed by atoms with Gasteiger partial charge in [-0.05, 0) is 6.07 Å². The fraction of sp³-hybridized carbons (Fsp3) is 0.227. The number of hydrogen-bond acceptors (Lipinski definition) is 5. The molecule has 10 heteroatoms. The zero-order valence-electron chi connectivity index (χ0n) is 17.0. The van der Waals surface area contributed by atoms with Crippen molar-refractivity contribution in [3.8, 4) is 5.75 Å². The summed E-state index contributed by atoms with van der Waals surface area (Å²) in [4.78, 5) is 24.1. The number of aryl methyl sites for hydroxylation is 1. The molecular weight excluding hydrogens is 417 g/mol.